The third-order valence-corrected chi connectivity index (χ3v) is 4.26. The van der Waals surface area contributed by atoms with Gasteiger partial charge in [-0.1, -0.05) is 0 Å². The summed E-state index contributed by atoms with van der Waals surface area (Å²) in [6, 6.07) is 0.0439. The van der Waals surface area contributed by atoms with Crippen LogP contribution in [-0.2, 0) is 9.84 Å². The van der Waals surface area contributed by atoms with Gasteiger partial charge in [-0.25, -0.2) is 8.42 Å². The highest BCUT2D eigenvalue weighted by Gasteiger charge is 2.34. The number of H-pyrrole nitrogens is 1. The number of rotatable bonds is 1. The van der Waals surface area contributed by atoms with Crippen molar-refractivity contribution in [2.75, 3.05) is 11.5 Å². The average molecular weight is 218 g/mol. The molecule has 0 aliphatic carbocycles. The van der Waals surface area contributed by atoms with Crippen LogP contribution in [0, 0.1) is 11.7 Å². The molecular formula is C7H10N2O2S2. The van der Waals surface area contributed by atoms with Crippen molar-refractivity contribution in [3.8, 4) is 0 Å². The summed E-state index contributed by atoms with van der Waals surface area (Å²) < 4.78 is 24.3. The van der Waals surface area contributed by atoms with Gasteiger partial charge in [0.15, 0.2) is 14.6 Å². The molecule has 1 aliphatic rings. The van der Waals surface area contributed by atoms with Gasteiger partial charge in [0.1, 0.15) is 0 Å². The second-order valence-electron chi connectivity index (χ2n) is 3.38. The Morgan fingerprint density at radius 1 is 1.62 bits per heavy atom. The van der Waals surface area contributed by atoms with Gasteiger partial charge in [-0.05, 0) is 19.1 Å². The topological polar surface area (TPSA) is 54.9 Å². The molecule has 1 aliphatic heterocycles. The van der Waals surface area contributed by atoms with Crippen LogP contribution >= 0.6 is 12.2 Å². The maximum Gasteiger partial charge on any atom is 0.177 e. The Labute approximate surface area is 81.5 Å². The van der Waals surface area contributed by atoms with E-state index < -0.39 is 9.84 Å². The van der Waals surface area contributed by atoms with Gasteiger partial charge in [0.05, 0.1) is 17.5 Å². The SMILES string of the molecule is Cc1cn(C2CS(=O)(=O)C2)c(=S)[nH]1. The first-order chi connectivity index (χ1) is 5.98. The van der Waals surface area contributed by atoms with E-state index in [0.717, 1.165) is 5.69 Å². The number of imidazole rings is 1. The molecule has 2 rings (SSSR count). The van der Waals surface area contributed by atoms with Crippen molar-refractivity contribution in [2.45, 2.75) is 13.0 Å². The lowest BCUT2D eigenvalue weighted by atomic mass is 10.4. The highest BCUT2D eigenvalue weighted by molar-refractivity contribution is 7.92. The molecule has 0 saturated carbocycles. The van der Waals surface area contributed by atoms with E-state index in [9.17, 15) is 8.42 Å². The third kappa shape index (κ3) is 1.55. The van der Waals surface area contributed by atoms with Crippen molar-refractivity contribution in [1.29, 1.82) is 0 Å². The summed E-state index contributed by atoms with van der Waals surface area (Å²) in [7, 11) is -2.77. The van der Waals surface area contributed by atoms with Crippen LogP contribution in [0.25, 0.3) is 0 Å². The van der Waals surface area contributed by atoms with Gasteiger partial charge >= 0.3 is 0 Å². The van der Waals surface area contributed by atoms with E-state index in [0.29, 0.717) is 4.77 Å². The molecule has 72 valence electrons. The molecule has 13 heavy (non-hydrogen) atoms. The minimum atomic E-state index is -2.77. The zero-order valence-electron chi connectivity index (χ0n) is 7.15. The van der Waals surface area contributed by atoms with Crippen molar-refractivity contribution >= 4 is 22.1 Å². The highest BCUT2D eigenvalue weighted by Crippen LogP contribution is 2.24. The molecule has 0 spiro atoms. The van der Waals surface area contributed by atoms with Crippen molar-refractivity contribution in [3.05, 3.63) is 16.7 Å². The summed E-state index contributed by atoms with van der Waals surface area (Å²) in [6.45, 7) is 1.90. The standard InChI is InChI=1S/C7H10N2O2S2/c1-5-2-9(7(12)8-5)6-3-13(10,11)4-6/h2,6H,3-4H2,1H3,(H,8,12). The van der Waals surface area contributed by atoms with Crippen LogP contribution in [0.2, 0.25) is 0 Å². The molecule has 1 saturated heterocycles. The Bertz CT molecular complexity index is 471. The van der Waals surface area contributed by atoms with Gasteiger partial charge in [-0.15, -0.1) is 0 Å². The van der Waals surface area contributed by atoms with E-state index in [1.54, 1.807) is 0 Å². The summed E-state index contributed by atoms with van der Waals surface area (Å²) >= 11 is 5.04. The number of hydrogen-bond acceptors (Lipinski definition) is 3. The molecule has 0 atom stereocenters. The van der Waals surface area contributed by atoms with Crippen LogP contribution in [0.15, 0.2) is 6.20 Å². The number of nitrogens with one attached hydrogen (secondary N) is 1. The lowest BCUT2D eigenvalue weighted by Gasteiger charge is -2.26. The van der Waals surface area contributed by atoms with Crippen LogP contribution in [0.5, 0.6) is 0 Å². The molecule has 1 aromatic rings. The van der Waals surface area contributed by atoms with Gasteiger partial charge in [0, 0.05) is 11.9 Å². The highest BCUT2D eigenvalue weighted by atomic mass is 32.2. The van der Waals surface area contributed by atoms with Crippen molar-refractivity contribution < 1.29 is 8.42 Å². The molecular weight excluding hydrogens is 208 g/mol. The smallest absolute Gasteiger partial charge is 0.177 e. The Balaban J connectivity index is 2.30. The van der Waals surface area contributed by atoms with E-state index >= 15 is 0 Å². The second-order valence-corrected chi connectivity index (χ2v) is 5.92. The van der Waals surface area contributed by atoms with E-state index in [2.05, 4.69) is 4.98 Å². The number of hydrogen-bond donors (Lipinski definition) is 1. The summed E-state index contributed by atoms with van der Waals surface area (Å²) in [5.74, 6) is 0.442. The normalized spacial score (nSPS) is 21.3. The van der Waals surface area contributed by atoms with Gasteiger partial charge in [0.2, 0.25) is 0 Å². The Morgan fingerprint density at radius 3 is 2.62 bits per heavy atom. The van der Waals surface area contributed by atoms with Gasteiger partial charge in [-0.3, -0.25) is 0 Å². The Morgan fingerprint density at radius 2 is 2.23 bits per heavy atom. The molecule has 0 bridgehead atoms. The van der Waals surface area contributed by atoms with E-state index in [4.69, 9.17) is 12.2 Å². The molecule has 1 fully saturated rings. The quantitative estimate of drug-likeness (QED) is 0.710. The summed E-state index contributed by atoms with van der Waals surface area (Å²) in [4.78, 5) is 2.97. The third-order valence-electron chi connectivity index (χ3n) is 2.16. The van der Waals surface area contributed by atoms with E-state index in [-0.39, 0.29) is 17.5 Å². The first-order valence-corrected chi connectivity index (χ1v) is 6.19. The molecule has 6 heteroatoms. The molecule has 2 heterocycles. The second kappa shape index (κ2) is 2.68. The summed E-state index contributed by atoms with van der Waals surface area (Å²) in [5, 5.41) is 0. The van der Waals surface area contributed by atoms with Crippen LogP contribution in [0.4, 0.5) is 0 Å². The fourth-order valence-corrected chi connectivity index (χ4v) is 3.26. The minimum Gasteiger partial charge on any atom is -0.335 e. The van der Waals surface area contributed by atoms with E-state index in [1.807, 2.05) is 17.7 Å². The predicted octanol–water partition coefficient (Wildman–Crippen LogP) is 0.824. The number of nitrogens with zero attached hydrogens (tertiary/aromatic N) is 1. The fourth-order valence-electron chi connectivity index (χ4n) is 1.50. The minimum absolute atomic E-state index is 0.0439. The Kier molecular flexibility index (Phi) is 1.85. The predicted molar refractivity (Wildman–Crippen MR) is 52.0 cm³/mol. The zero-order valence-corrected chi connectivity index (χ0v) is 8.78. The molecule has 0 unspecified atom stereocenters. The molecule has 0 aromatic carbocycles. The molecule has 1 aromatic heterocycles. The molecule has 0 amide bonds. The van der Waals surface area contributed by atoms with Crippen molar-refractivity contribution in [3.63, 3.8) is 0 Å². The number of aromatic amines is 1. The van der Waals surface area contributed by atoms with Crippen LogP contribution in [-0.4, -0.2) is 29.5 Å². The molecule has 4 nitrogen and oxygen atoms in total. The molecule has 1 N–H and O–H groups in total. The number of aryl methyl sites for hydroxylation is 1. The lowest BCUT2D eigenvalue weighted by molar-refractivity contribution is 0.503. The van der Waals surface area contributed by atoms with Gasteiger partial charge < -0.3 is 9.55 Å². The number of sulfone groups is 1. The fraction of sp³-hybridized carbons (Fsp3) is 0.571. The first-order valence-electron chi connectivity index (χ1n) is 3.96. The monoisotopic (exact) mass is 218 g/mol. The lowest BCUT2D eigenvalue weighted by Crippen LogP contribution is -2.37. The van der Waals surface area contributed by atoms with E-state index in [1.165, 1.54) is 0 Å². The number of aromatic nitrogens is 2. The van der Waals surface area contributed by atoms with Crippen LogP contribution in [0.1, 0.15) is 11.7 Å². The Hall–Kier alpha value is -0.620. The maximum absolute atomic E-state index is 10.9. The van der Waals surface area contributed by atoms with Crippen LogP contribution < -0.4 is 0 Å². The largest absolute Gasteiger partial charge is 0.335 e. The summed E-state index contributed by atoms with van der Waals surface area (Å²) in [6.07, 6.45) is 1.86. The molecule has 0 radical (unpaired) electrons. The first kappa shape index (κ1) is 8.96. The van der Waals surface area contributed by atoms with Crippen LogP contribution in [0.3, 0.4) is 0 Å². The summed E-state index contributed by atoms with van der Waals surface area (Å²) in [5.41, 5.74) is 0.967. The van der Waals surface area contributed by atoms with Gasteiger partial charge in [0.25, 0.3) is 0 Å². The zero-order chi connectivity index (χ0) is 9.64. The average Bonchev–Trinajstić information content (AvgIpc) is 2.24. The van der Waals surface area contributed by atoms with Gasteiger partial charge in [-0.2, -0.15) is 0 Å². The van der Waals surface area contributed by atoms with Crippen molar-refractivity contribution in [2.24, 2.45) is 0 Å². The maximum atomic E-state index is 10.9. The van der Waals surface area contributed by atoms with Crippen molar-refractivity contribution in [1.82, 2.24) is 9.55 Å².